The molecule has 5 rings (SSSR count). The molecular formula is C35H37ClN5O6PS. The van der Waals surface area contributed by atoms with E-state index in [0.717, 1.165) is 16.3 Å². The number of halogens is 1. The van der Waals surface area contributed by atoms with E-state index in [1.807, 2.05) is 57.2 Å². The van der Waals surface area contributed by atoms with Gasteiger partial charge >= 0.3 is 6.03 Å². The second kappa shape index (κ2) is 14.6. The van der Waals surface area contributed by atoms with E-state index in [1.54, 1.807) is 42.6 Å². The van der Waals surface area contributed by atoms with E-state index < -0.39 is 24.8 Å². The minimum absolute atomic E-state index is 0.174. The van der Waals surface area contributed by atoms with Crippen molar-refractivity contribution in [2.24, 2.45) is 0 Å². The number of nitrogens with one attached hydrogen (secondary N) is 4. The third-order valence-corrected chi connectivity index (χ3v) is 9.66. The number of fused-ring (bicyclic) bond motifs is 1. The van der Waals surface area contributed by atoms with Crippen molar-refractivity contribution in [3.8, 4) is 17.2 Å². The maximum atomic E-state index is 13.4. The Kier molecular flexibility index (Phi) is 10.7. The van der Waals surface area contributed by atoms with E-state index in [4.69, 9.17) is 21.1 Å². The number of carbonyl (C=O) groups excluding carboxylic acids is 1. The second-order valence-electron chi connectivity index (χ2n) is 12.3. The average molecular weight is 722 g/mol. The SMILES string of the molecule is COc1c(NC(=O)Nc2ccc(Oc3ccnc(Nc4ccc(P(C)(=O)O)c(Cl)c4)c3)c3ccccc23)cc(C(C)(C)C)cc1N[S+](C)[O-]. The van der Waals surface area contributed by atoms with Gasteiger partial charge in [0.15, 0.2) is 5.75 Å². The fraction of sp³-hybridized carbons (Fsp3) is 0.200. The number of carbonyl (C=O) groups is 1. The van der Waals surface area contributed by atoms with Crippen molar-refractivity contribution in [3.05, 3.63) is 95.6 Å². The van der Waals surface area contributed by atoms with Gasteiger partial charge in [-0.15, -0.1) is 0 Å². The summed E-state index contributed by atoms with van der Waals surface area (Å²) in [6.07, 6.45) is 3.11. The topological polar surface area (TPSA) is 157 Å². The van der Waals surface area contributed by atoms with Gasteiger partial charge in [-0.2, -0.15) is 0 Å². The smallest absolute Gasteiger partial charge is 0.323 e. The fourth-order valence-electron chi connectivity index (χ4n) is 5.09. The Hall–Kier alpha value is -4.45. The molecule has 0 saturated heterocycles. The van der Waals surface area contributed by atoms with E-state index in [1.165, 1.54) is 26.1 Å². The van der Waals surface area contributed by atoms with Crippen molar-refractivity contribution in [1.82, 2.24) is 4.98 Å². The molecule has 49 heavy (non-hydrogen) atoms. The molecule has 0 aliphatic heterocycles. The van der Waals surface area contributed by atoms with Crippen LogP contribution in [0, 0.1) is 0 Å². The van der Waals surface area contributed by atoms with Gasteiger partial charge in [0.2, 0.25) is 7.37 Å². The van der Waals surface area contributed by atoms with Crippen LogP contribution < -0.4 is 35.5 Å². The quantitative estimate of drug-likeness (QED) is 0.0704. The molecule has 0 fully saturated rings. The van der Waals surface area contributed by atoms with Crippen LogP contribution in [0.5, 0.6) is 17.2 Å². The van der Waals surface area contributed by atoms with Crippen molar-refractivity contribution < 1.29 is 28.3 Å². The molecule has 1 aromatic heterocycles. The highest BCUT2D eigenvalue weighted by Gasteiger charge is 2.23. The normalized spacial score (nSPS) is 13.2. The summed E-state index contributed by atoms with van der Waals surface area (Å²) in [5.41, 5.74) is 2.71. The van der Waals surface area contributed by atoms with Crippen LogP contribution in [0.2, 0.25) is 5.02 Å². The molecular weight excluding hydrogens is 685 g/mol. The lowest BCUT2D eigenvalue weighted by Crippen LogP contribution is -2.22. The number of urea groups is 1. The summed E-state index contributed by atoms with van der Waals surface area (Å²) >= 11 is 4.89. The van der Waals surface area contributed by atoms with Gasteiger partial charge in [-0.1, -0.05) is 56.6 Å². The highest BCUT2D eigenvalue weighted by Crippen LogP contribution is 2.41. The van der Waals surface area contributed by atoms with Crippen molar-refractivity contribution in [2.75, 3.05) is 40.7 Å². The predicted octanol–water partition coefficient (Wildman–Crippen LogP) is 8.61. The van der Waals surface area contributed by atoms with Crippen molar-refractivity contribution in [2.45, 2.75) is 26.2 Å². The first kappa shape index (κ1) is 35.8. The molecule has 4 aromatic carbocycles. The van der Waals surface area contributed by atoms with Gasteiger partial charge in [0.25, 0.3) is 0 Å². The van der Waals surface area contributed by atoms with Crippen molar-refractivity contribution >= 4 is 81.0 Å². The number of benzene rings is 4. The summed E-state index contributed by atoms with van der Waals surface area (Å²) in [5.74, 6) is 1.88. The van der Waals surface area contributed by atoms with Crippen LogP contribution in [0.1, 0.15) is 26.3 Å². The monoisotopic (exact) mass is 721 g/mol. The van der Waals surface area contributed by atoms with E-state index >= 15 is 0 Å². The molecule has 2 amide bonds. The third kappa shape index (κ3) is 8.78. The lowest BCUT2D eigenvalue weighted by atomic mass is 9.86. The summed E-state index contributed by atoms with van der Waals surface area (Å²) in [6, 6.07) is 22.4. The summed E-state index contributed by atoms with van der Waals surface area (Å²) in [6.45, 7) is 7.37. The lowest BCUT2D eigenvalue weighted by Gasteiger charge is -2.24. The van der Waals surface area contributed by atoms with Gasteiger partial charge in [0.1, 0.15) is 29.3 Å². The van der Waals surface area contributed by atoms with E-state index in [2.05, 4.69) is 25.7 Å². The number of ether oxygens (including phenoxy) is 2. The molecule has 2 unspecified atom stereocenters. The maximum Gasteiger partial charge on any atom is 0.323 e. The number of rotatable bonds is 10. The lowest BCUT2D eigenvalue weighted by molar-refractivity contribution is 0.262. The van der Waals surface area contributed by atoms with Gasteiger partial charge in [0.05, 0.1) is 40.2 Å². The third-order valence-electron chi connectivity index (χ3n) is 7.42. The van der Waals surface area contributed by atoms with Gasteiger partial charge in [-0.3, -0.25) is 4.57 Å². The number of hydrogen-bond donors (Lipinski definition) is 5. The molecule has 11 nitrogen and oxygen atoms in total. The Morgan fingerprint density at radius 2 is 1.65 bits per heavy atom. The molecule has 0 aliphatic carbocycles. The first-order valence-electron chi connectivity index (χ1n) is 15.1. The Balaban J connectivity index is 1.37. The average Bonchev–Trinajstić information content (AvgIpc) is 3.01. The van der Waals surface area contributed by atoms with E-state index in [9.17, 15) is 18.8 Å². The highest BCUT2D eigenvalue weighted by molar-refractivity contribution is 7.92. The van der Waals surface area contributed by atoms with Crippen LogP contribution in [0.15, 0.2) is 85.1 Å². The van der Waals surface area contributed by atoms with Gasteiger partial charge in [-0.05, 0) is 59.5 Å². The Morgan fingerprint density at radius 3 is 2.31 bits per heavy atom. The number of pyridine rings is 1. The number of aromatic nitrogens is 1. The first-order chi connectivity index (χ1) is 23.1. The van der Waals surface area contributed by atoms with Gasteiger partial charge < -0.3 is 34.9 Å². The van der Waals surface area contributed by atoms with Gasteiger partial charge in [0, 0.05) is 35.4 Å². The minimum atomic E-state index is -3.51. The molecule has 256 valence electrons. The predicted molar refractivity (Wildman–Crippen MR) is 200 cm³/mol. The van der Waals surface area contributed by atoms with Crippen LogP contribution in [-0.4, -0.2) is 40.5 Å². The first-order valence-corrected chi connectivity index (χ1v) is 19.1. The standard InChI is InChI=1S/C35H37ClN5O6PS/c1-35(2,3)21-17-28(33(46-4)29(18-21)41-49(6)45)40-34(42)39-27-12-13-30(25-10-8-7-9-24(25)27)47-23-15-16-37-32(20-23)38-22-11-14-31(26(36)19-22)48(5,43)44/h7-20,41H,1-6H3,(H,37,38)(H,43,44)(H2,39,40,42). The minimum Gasteiger partial charge on any atom is -0.593 e. The van der Waals surface area contributed by atoms with Crippen LogP contribution in [0.25, 0.3) is 10.8 Å². The highest BCUT2D eigenvalue weighted by atomic mass is 35.5. The molecule has 0 aliphatic rings. The largest absolute Gasteiger partial charge is 0.593 e. The number of hydrogen-bond acceptors (Lipinski definition) is 8. The molecule has 5 N–H and O–H groups in total. The molecule has 1 heterocycles. The van der Waals surface area contributed by atoms with Crippen LogP contribution >= 0.6 is 19.0 Å². The number of nitrogens with zero attached hydrogens (tertiary/aromatic N) is 1. The molecule has 0 spiro atoms. The maximum absolute atomic E-state index is 13.4. The number of methoxy groups -OCH3 is 1. The Labute approximate surface area is 293 Å². The van der Waals surface area contributed by atoms with Crippen molar-refractivity contribution in [1.29, 1.82) is 0 Å². The van der Waals surface area contributed by atoms with Crippen LogP contribution in [0.4, 0.5) is 33.4 Å². The number of amides is 2. The Bertz CT molecular complexity index is 2070. The van der Waals surface area contributed by atoms with E-state index in [0.29, 0.717) is 45.8 Å². The van der Waals surface area contributed by atoms with Gasteiger partial charge in [-0.25, -0.2) is 14.5 Å². The summed E-state index contributed by atoms with van der Waals surface area (Å²) < 4.78 is 38.9. The zero-order valence-corrected chi connectivity index (χ0v) is 30.2. The summed E-state index contributed by atoms with van der Waals surface area (Å²) in [4.78, 5) is 27.6. The number of anilines is 5. The summed E-state index contributed by atoms with van der Waals surface area (Å²) in [5, 5.41) is 10.8. The van der Waals surface area contributed by atoms with E-state index in [-0.39, 0.29) is 15.7 Å². The zero-order valence-electron chi connectivity index (χ0n) is 27.8. The molecule has 14 heteroatoms. The molecule has 2 atom stereocenters. The van der Waals surface area contributed by atoms with Crippen molar-refractivity contribution in [3.63, 3.8) is 0 Å². The molecule has 0 saturated carbocycles. The zero-order chi connectivity index (χ0) is 35.5. The molecule has 0 bridgehead atoms. The van der Waals surface area contributed by atoms with Crippen LogP contribution in [-0.2, 0) is 21.3 Å². The second-order valence-corrected chi connectivity index (χ2v) is 16.1. The van der Waals surface area contributed by atoms with Crippen LogP contribution in [0.3, 0.4) is 0 Å². The molecule has 5 aromatic rings. The Morgan fingerprint density at radius 1 is 0.959 bits per heavy atom. The summed E-state index contributed by atoms with van der Waals surface area (Å²) in [7, 11) is -2.02. The fourth-order valence-corrected chi connectivity index (χ4v) is 7.01. The molecule has 0 radical (unpaired) electrons.